The van der Waals surface area contributed by atoms with Crippen molar-refractivity contribution >= 4 is 32.1 Å². The minimum absolute atomic E-state index is 0.272. The van der Waals surface area contributed by atoms with Gasteiger partial charge in [0.1, 0.15) is 6.07 Å². The zero-order chi connectivity index (χ0) is 24.3. The molecule has 0 saturated carbocycles. The van der Waals surface area contributed by atoms with E-state index in [2.05, 4.69) is 10.8 Å². The molecule has 174 valence electrons. The molecule has 0 spiro atoms. The van der Waals surface area contributed by atoms with Gasteiger partial charge in [0.2, 0.25) is 0 Å². The van der Waals surface area contributed by atoms with Crippen LogP contribution in [0.5, 0.6) is 0 Å². The number of allylic oxidation sites excluding steroid dienone is 2. The molecule has 0 aliphatic rings. The number of hydrogen-bond donors (Lipinski definition) is 1. The molecule has 0 radical (unpaired) electrons. The normalized spacial score (nSPS) is 13.6. The minimum atomic E-state index is -4.01. The van der Waals surface area contributed by atoms with Gasteiger partial charge in [-0.15, -0.1) is 0 Å². The lowest BCUT2D eigenvalue weighted by molar-refractivity contribution is -0.0102. The summed E-state index contributed by atoms with van der Waals surface area (Å²) in [5.74, 6) is 0. The number of nitriles is 1. The summed E-state index contributed by atoms with van der Waals surface area (Å²) < 4.78 is 34.6. The summed E-state index contributed by atoms with van der Waals surface area (Å²) in [4.78, 5) is 1.75. The van der Waals surface area contributed by atoms with E-state index in [1.807, 2.05) is 76.2 Å². The van der Waals surface area contributed by atoms with Crippen molar-refractivity contribution in [2.75, 3.05) is 25.6 Å². The van der Waals surface area contributed by atoms with Crippen LogP contribution in [0.2, 0.25) is 0 Å². The predicted molar refractivity (Wildman–Crippen MR) is 133 cm³/mol. The van der Waals surface area contributed by atoms with E-state index < -0.39 is 15.6 Å². The number of nitrogens with zero attached hydrogens (tertiary/aromatic N) is 2. The van der Waals surface area contributed by atoms with E-state index in [1.54, 1.807) is 20.8 Å². The van der Waals surface area contributed by atoms with Crippen molar-refractivity contribution in [2.24, 2.45) is 0 Å². The smallest absolute Gasteiger partial charge is 0.251 e. The molecule has 0 unspecified atom stereocenters. The molecule has 0 amide bonds. The minimum Gasteiger partial charge on any atom is -0.378 e. The molecular weight excluding hydrogens is 422 g/mol. The van der Waals surface area contributed by atoms with E-state index in [-0.39, 0.29) is 10.5 Å². The topological polar surface area (TPSA) is 82.4 Å². The summed E-state index contributed by atoms with van der Waals surface area (Å²) in [6.45, 7) is 11.5. The molecular formula is C25H35N3O3S. The Balaban J connectivity index is 2.34. The largest absolute Gasteiger partial charge is 0.378 e. The summed E-state index contributed by atoms with van der Waals surface area (Å²) >= 11 is 0. The van der Waals surface area contributed by atoms with Crippen LogP contribution < -0.4 is 9.62 Å². The highest BCUT2D eigenvalue weighted by molar-refractivity contribution is 7.94. The Kier molecular flexibility index (Phi) is 7.77. The molecule has 0 bridgehead atoms. The van der Waals surface area contributed by atoms with Gasteiger partial charge in [0.25, 0.3) is 10.0 Å². The fraction of sp³-hybridized carbons (Fsp3) is 0.480. The summed E-state index contributed by atoms with van der Waals surface area (Å²) in [6, 6.07) is 13.7. The number of benzene rings is 2. The zero-order valence-corrected chi connectivity index (χ0v) is 21.2. The first-order chi connectivity index (χ1) is 14.6. The average Bonchev–Trinajstić information content (AvgIpc) is 2.65. The van der Waals surface area contributed by atoms with Crippen LogP contribution in [0.15, 0.2) is 41.3 Å². The van der Waals surface area contributed by atoms with Crippen molar-refractivity contribution in [3.8, 4) is 6.07 Å². The van der Waals surface area contributed by atoms with Crippen molar-refractivity contribution in [3.63, 3.8) is 0 Å². The van der Waals surface area contributed by atoms with E-state index >= 15 is 0 Å². The Labute approximate surface area is 192 Å². The van der Waals surface area contributed by atoms with Crippen molar-refractivity contribution in [2.45, 2.75) is 59.1 Å². The van der Waals surface area contributed by atoms with Gasteiger partial charge in [0, 0.05) is 31.9 Å². The molecule has 0 atom stereocenters. The maximum absolute atomic E-state index is 13.1. The molecule has 0 aromatic heterocycles. The highest BCUT2D eigenvalue weighted by Gasteiger charge is 2.30. The highest BCUT2D eigenvalue weighted by atomic mass is 32.2. The van der Waals surface area contributed by atoms with E-state index in [4.69, 9.17) is 4.74 Å². The second-order valence-corrected chi connectivity index (χ2v) is 11.5. The van der Waals surface area contributed by atoms with Crippen LogP contribution >= 0.6 is 0 Å². The second kappa shape index (κ2) is 9.62. The molecule has 6 nitrogen and oxygen atoms in total. The van der Waals surface area contributed by atoms with Gasteiger partial charge in [-0.05, 0) is 88.1 Å². The number of anilines is 1. The summed E-state index contributed by atoms with van der Waals surface area (Å²) in [5, 5.41) is 11.8. The maximum atomic E-state index is 13.1. The summed E-state index contributed by atoms with van der Waals surface area (Å²) in [7, 11) is -0.0436. The Morgan fingerprint density at radius 3 is 2.22 bits per heavy atom. The fourth-order valence-corrected chi connectivity index (χ4v) is 4.87. The van der Waals surface area contributed by atoms with E-state index in [9.17, 15) is 13.7 Å². The average molecular weight is 458 g/mol. The van der Waals surface area contributed by atoms with Gasteiger partial charge in [-0.25, -0.2) is 13.1 Å². The second-order valence-electron chi connectivity index (χ2n) is 9.91. The van der Waals surface area contributed by atoms with E-state index in [0.29, 0.717) is 24.2 Å². The van der Waals surface area contributed by atoms with Gasteiger partial charge in [-0.3, -0.25) is 0 Å². The first kappa shape index (κ1) is 25.9. The third-order valence-corrected chi connectivity index (χ3v) is 6.91. The molecule has 0 aliphatic carbocycles. The molecule has 0 saturated heterocycles. The predicted octanol–water partition coefficient (Wildman–Crippen LogP) is 5.06. The van der Waals surface area contributed by atoms with Gasteiger partial charge in [0.15, 0.2) is 4.91 Å². The van der Waals surface area contributed by atoms with Gasteiger partial charge in [0.05, 0.1) is 5.60 Å². The van der Waals surface area contributed by atoms with E-state index in [1.165, 1.54) is 0 Å². The lowest BCUT2D eigenvalue weighted by atomic mass is 10.0. The SMILES string of the molecule is CC(=C(C#N)S(=O)(=O)NC(C)(C)CCOC(C)(C)C)c1ccc2cc(N(C)C)ccc2c1. The number of rotatable bonds is 8. The maximum Gasteiger partial charge on any atom is 0.251 e. The van der Waals surface area contributed by atoms with Crippen molar-refractivity contribution in [1.29, 1.82) is 5.26 Å². The number of hydrogen-bond acceptors (Lipinski definition) is 5. The van der Waals surface area contributed by atoms with Crippen LogP contribution in [0.1, 0.15) is 53.5 Å². The van der Waals surface area contributed by atoms with Crippen LogP contribution in [0.3, 0.4) is 0 Å². The number of fused-ring (bicyclic) bond motifs is 1. The molecule has 0 heterocycles. The third-order valence-electron chi connectivity index (χ3n) is 5.16. The van der Waals surface area contributed by atoms with Crippen molar-refractivity contribution in [1.82, 2.24) is 4.72 Å². The molecule has 2 aromatic carbocycles. The van der Waals surface area contributed by atoms with Crippen LogP contribution in [0.25, 0.3) is 16.3 Å². The van der Waals surface area contributed by atoms with Crippen molar-refractivity contribution < 1.29 is 13.2 Å². The standard InChI is InChI=1S/C25H35N3O3S/c1-18(19-9-10-21-16-22(28(7)8)12-11-20(21)15-19)23(17-26)32(29,30)27-25(5,6)13-14-31-24(2,3)4/h9-12,15-16,27H,13-14H2,1-8H3. The van der Waals surface area contributed by atoms with E-state index in [0.717, 1.165) is 16.5 Å². The molecule has 32 heavy (non-hydrogen) atoms. The van der Waals surface area contributed by atoms with Gasteiger partial charge in [-0.1, -0.05) is 18.2 Å². The quantitative estimate of drug-likeness (QED) is 0.560. The third kappa shape index (κ3) is 6.80. The van der Waals surface area contributed by atoms with Crippen LogP contribution in [0.4, 0.5) is 5.69 Å². The van der Waals surface area contributed by atoms with Gasteiger partial charge < -0.3 is 9.64 Å². The summed E-state index contributed by atoms with van der Waals surface area (Å²) in [5.41, 5.74) is 1.14. The fourth-order valence-electron chi connectivity index (χ4n) is 3.30. The van der Waals surface area contributed by atoms with Crippen LogP contribution in [-0.4, -0.2) is 40.3 Å². The molecule has 2 aromatic rings. The zero-order valence-electron chi connectivity index (χ0n) is 20.4. The first-order valence-electron chi connectivity index (χ1n) is 10.7. The Hall–Kier alpha value is -2.40. The van der Waals surface area contributed by atoms with Crippen molar-refractivity contribution in [3.05, 3.63) is 46.9 Å². The Morgan fingerprint density at radius 1 is 1.06 bits per heavy atom. The Morgan fingerprint density at radius 2 is 1.66 bits per heavy atom. The summed E-state index contributed by atoms with van der Waals surface area (Å²) in [6.07, 6.45) is 0.478. The van der Waals surface area contributed by atoms with Gasteiger partial charge in [-0.2, -0.15) is 5.26 Å². The number of ether oxygens (including phenoxy) is 1. The molecule has 7 heteroatoms. The lowest BCUT2D eigenvalue weighted by Gasteiger charge is -2.28. The Bertz CT molecular complexity index is 1150. The lowest BCUT2D eigenvalue weighted by Crippen LogP contribution is -2.45. The van der Waals surface area contributed by atoms with Crippen LogP contribution in [0, 0.1) is 11.3 Å². The highest BCUT2D eigenvalue weighted by Crippen LogP contribution is 2.28. The van der Waals surface area contributed by atoms with Gasteiger partial charge >= 0.3 is 0 Å². The molecule has 0 aliphatic heterocycles. The number of sulfonamides is 1. The first-order valence-corrected chi connectivity index (χ1v) is 12.1. The number of nitrogens with one attached hydrogen (secondary N) is 1. The van der Waals surface area contributed by atoms with Crippen LogP contribution in [-0.2, 0) is 14.8 Å². The molecule has 0 fully saturated rings. The molecule has 2 rings (SSSR count). The monoisotopic (exact) mass is 457 g/mol. The molecule has 1 N–H and O–H groups in total.